The predicted octanol–water partition coefficient (Wildman–Crippen LogP) is 1.71. The average Bonchev–Trinajstić information content (AvgIpc) is 2.96. The molecule has 0 radical (unpaired) electrons. The number of hydrazine groups is 1. The van der Waals surface area contributed by atoms with Gasteiger partial charge < -0.3 is 0 Å². The number of amidine groups is 1. The molecule has 2 amide bonds. The first-order valence-corrected chi connectivity index (χ1v) is 11.3. The zero-order valence-electron chi connectivity index (χ0n) is 15.2. The van der Waals surface area contributed by atoms with Crippen molar-refractivity contribution in [2.24, 2.45) is 4.99 Å². The van der Waals surface area contributed by atoms with Gasteiger partial charge in [0, 0.05) is 15.5 Å². The van der Waals surface area contributed by atoms with Crippen LogP contribution in [0.5, 0.6) is 0 Å². The third kappa shape index (κ3) is 5.28. The Bertz CT molecular complexity index is 1070. The first kappa shape index (κ1) is 21.2. The maximum Gasteiger partial charge on any atom is 0.263 e. The highest BCUT2D eigenvalue weighted by molar-refractivity contribution is 8.00. The van der Waals surface area contributed by atoms with E-state index in [2.05, 4.69) is 20.6 Å². The summed E-state index contributed by atoms with van der Waals surface area (Å²) in [7, 11) is -3.68. The molecule has 1 aliphatic heterocycles. The van der Waals surface area contributed by atoms with E-state index in [0.29, 0.717) is 10.6 Å². The van der Waals surface area contributed by atoms with Crippen molar-refractivity contribution in [2.45, 2.75) is 22.8 Å². The number of amides is 2. The van der Waals surface area contributed by atoms with Gasteiger partial charge in [0.05, 0.1) is 10.6 Å². The van der Waals surface area contributed by atoms with Gasteiger partial charge in [0.2, 0.25) is 5.91 Å². The van der Waals surface area contributed by atoms with E-state index in [-0.39, 0.29) is 16.5 Å². The van der Waals surface area contributed by atoms with E-state index in [4.69, 9.17) is 11.6 Å². The molecule has 8 nitrogen and oxygen atoms in total. The minimum absolute atomic E-state index is 0.0906. The summed E-state index contributed by atoms with van der Waals surface area (Å²) in [6, 6.07) is 12.4. The number of rotatable bonds is 5. The lowest BCUT2D eigenvalue weighted by molar-refractivity contribution is -0.128. The van der Waals surface area contributed by atoms with E-state index in [9.17, 15) is 18.0 Å². The van der Waals surface area contributed by atoms with Crippen molar-refractivity contribution in [3.05, 3.63) is 59.1 Å². The molecule has 11 heteroatoms. The Morgan fingerprint density at radius 3 is 2.55 bits per heavy atom. The molecule has 2 aromatic carbocycles. The average molecular weight is 453 g/mol. The Balaban J connectivity index is 1.54. The van der Waals surface area contributed by atoms with Crippen LogP contribution in [0, 0.1) is 0 Å². The quantitative estimate of drug-likeness (QED) is 0.471. The topological polar surface area (TPSA) is 117 Å². The molecule has 1 aliphatic rings. The molecule has 0 saturated carbocycles. The third-order valence-corrected chi connectivity index (χ3v) is 6.53. The van der Waals surface area contributed by atoms with Gasteiger partial charge in [0.25, 0.3) is 15.9 Å². The fourth-order valence-electron chi connectivity index (χ4n) is 2.43. The lowest BCUT2D eigenvalue weighted by Gasteiger charge is -2.11. The number of nitrogens with one attached hydrogen (secondary N) is 3. The van der Waals surface area contributed by atoms with Crippen LogP contribution in [0.25, 0.3) is 0 Å². The summed E-state index contributed by atoms with van der Waals surface area (Å²) in [5.41, 5.74) is 5.00. The highest BCUT2D eigenvalue weighted by Gasteiger charge is 2.31. The van der Waals surface area contributed by atoms with Gasteiger partial charge in [-0.15, -0.1) is 11.8 Å². The van der Waals surface area contributed by atoms with Crippen LogP contribution in [-0.4, -0.2) is 37.9 Å². The van der Waals surface area contributed by atoms with Gasteiger partial charge in [-0.2, -0.15) is 0 Å². The molecule has 0 aliphatic carbocycles. The zero-order chi connectivity index (χ0) is 21.0. The molecule has 1 heterocycles. The number of sulfonamides is 1. The van der Waals surface area contributed by atoms with E-state index in [1.54, 1.807) is 42.5 Å². The second-order valence-corrected chi connectivity index (χ2v) is 9.17. The Kier molecular flexibility index (Phi) is 6.46. The summed E-state index contributed by atoms with van der Waals surface area (Å²) in [6.45, 7) is 1.49. The number of benzene rings is 2. The van der Waals surface area contributed by atoms with Crippen LogP contribution in [0.3, 0.4) is 0 Å². The number of hydrogen-bond acceptors (Lipinski definition) is 6. The van der Waals surface area contributed by atoms with Crippen LogP contribution < -0.4 is 15.6 Å². The predicted molar refractivity (Wildman–Crippen MR) is 111 cm³/mol. The molecule has 0 spiro atoms. The monoisotopic (exact) mass is 452 g/mol. The van der Waals surface area contributed by atoms with Crippen LogP contribution in [0.1, 0.15) is 12.5 Å². The standard InChI is InChI=1S/C18H17ClN4O4S2/c1-11(20-17-14-4-2-3-5-15(14)29(26,27)23-17)18(25)22-21-16(24)10-28-13-8-6-12(19)7-9-13/h2-9,11H,10H2,1H3,(H,20,23)(H,21,24)(H,22,25)/t11-/m1/s1. The number of carbonyl (C=O) groups is 2. The molecule has 3 N–H and O–H groups in total. The number of aliphatic imine (C=N–C) groups is 1. The van der Waals surface area contributed by atoms with Crippen LogP contribution in [0.2, 0.25) is 5.02 Å². The number of hydrogen-bond donors (Lipinski definition) is 3. The summed E-state index contributed by atoms with van der Waals surface area (Å²) < 4.78 is 26.5. The summed E-state index contributed by atoms with van der Waals surface area (Å²) in [5, 5.41) is 0.605. The van der Waals surface area contributed by atoms with Gasteiger partial charge in [-0.25, -0.2) is 8.42 Å². The SMILES string of the molecule is C[C@@H](N=C1NS(=O)(=O)c2ccccc21)C(=O)NNC(=O)CSc1ccc(Cl)cc1. The lowest BCUT2D eigenvalue weighted by Crippen LogP contribution is -2.46. The second kappa shape index (κ2) is 8.85. The summed E-state index contributed by atoms with van der Waals surface area (Å²) in [6.07, 6.45) is 0. The largest absolute Gasteiger partial charge is 0.272 e. The van der Waals surface area contributed by atoms with Crippen LogP contribution >= 0.6 is 23.4 Å². The minimum atomic E-state index is -3.68. The summed E-state index contributed by atoms with van der Waals surface area (Å²) in [5.74, 6) is -0.790. The second-order valence-electron chi connectivity index (χ2n) is 6.04. The van der Waals surface area contributed by atoms with Crippen molar-refractivity contribution in [3.8, 4) is 0 Å². The molecule has 1 atom stereocenters. The van der Waals surface area contributed by atoms with E-state index in [0.717, 1.165) is 4.90 Å². The normalized spacial score (nSPS) is 16.6. The summed E-state index contributed by atoms with van der Waals surface area (Å²) >= 11 is 7.10. The van der Waals surface area contributed by atoms with Crippen LogP contribution in [-0.2, 0) is 19.6 Å². The van der Waals surface area contributed by atoms with Gasteiger partial charge in [-0.3, -0.25) is 30.2 Å². The Morgan fingerprint density at radius 1 is 1.14 bits per heavy atom. The fraction of sp³-hybridized carbons (Fsp3) is 0.167. The molecule has 3 rings (SSSR count). The molecular weight excluding hydrogens is 436 g/mol. The number of fused-ring (bicyclic) bond motifs is 1. The van der Waals surface area contributed by atoms with Gasteiger partial charge in [-0.1, -0.05) is 23.7 Å². The minimum Gasteiger partial charge on any atom is -0.272 e. The van der Waals surface area contributed by atoms with E-state index in [1.807, 2.05) is 0 Å². The van der Waals surface area contributed by atoms with Gasteiger partial charge in [-0.05, 0) is 43.3 Å². The summed E-state index contributed by atoms with van der Waals surface area (Å²) in [4.78, 5) is 29.2. The molecular formula is C18H17ClN4O4S2. The smallest absolute Gasteiger partial charge is 0.263 e. The molecule has 152 valence electrons. The van der Waals surface area contributed by atoms with E-state index in [1.165, 1.54) is 24.8 Å². The Morgan fingerprint density at radius 2 is 1.83 bits per heavy atom. The number of thioether (sulfide) groups is 1. The van der Waals surface area contributed by atoms with Crippen LogP contribution in [0.15, 0.2) is 63.3 Å². The third-order valence-electron chi connectivity index (χ3n) is 3.87. The van der Waals surface area contributed by atoms with Crippen molar-refractivity contribution in [2.75, 3.05) is 5.75 Å². The van der Waals surface area contributed by atoms with Crippen molar-refractivity contribution in [3.63, 3.8) is 0 Å². The van der Waals surface area contributed by atoms with Gasteiger partial charge in [0.15, 0.2) is 0 Å². The molecule has 0 fully saturated rings. The lowest BCUT2D eigenvalue weighted by atomic mass is 10.2. The molecule has 0 aromatic heterocycles. The first-order chi connectivity index (χ1) is 13.8. The Labute approximate surface area is 177 Å². The van der Waals surface area contributed by atoms with Crippen molar-refractivity contribution in [1.82, 2.24) is 15.6 Å². The van der Waals surface area contributed by atoms with Gasteiger partial charge >= 0.3 is 0 Å². The van der Waals surface area contributed by atoms with Crippen molar-refractivity contribution >= 4 is 51.0 Å². The number of nitrogens with zero attached hydrogens (tertiary/aromatic N) is 1. The number of carbonyl (C=O) groups excluding carboxylic acids is 2. The molecule has 29 heavy (non-hydrogen) atoms. The number of halogens is 1. The maximum atomic E-state index is 12.2. The first-order valence-electron chi connectivity index (χ1n) is 8.43. The Hall–Kier alpha value is -2.56. The van der Waals surface area contributed by atoms with E-state index < -0.39 is 27.9 Å². The van der Waals surface area contributed by atoms with Crippen molar-refractivity contribution < 1.29 is 18.0 Å². The zero-order valence-corrected chi connectivity index (χ0v) is 17.6. The van der Waals surface area contributed by atoms with E-state index >= 15 is 0 Å². The van der Waals surface area contributed by atoms with Gasteiger partial charge in [0.1, 0.15) is 11.9 Å². The molecule has 0 bridgehead atoms. The van der Waals surface area contributed by atoms with Crippen LogP contribution in [0.4, 0.5) is 0 Å². The molecule has 2 aromatic rings. The fourth-order valence-corrected chi connectivity index (χ4v) is 4.50. The highest BCUT2D eigenvalue weighted by atomic mass is 35.5. The molecule has 0 unspecified atom stereocenters. The highest BCUT2D eigenvalue weighted by Crippen LogP contribution is 2.22. The maximum absolute atomic E-state index is 12.2. The molecule has 0 saturated heterocycles. The van der Waals surface area contributed by atoms with Crippen molar-refractivity contribution in [1.29, 1.82) is 0 Å².